The van der Waals surface area contributed by atoms with Gasteiger partial charge in [0.2, 0.25) is 5.69 Å². The van der Waals surface area contributed by atoms with Crippen LogP contribution in [0.3, 0.4) is 0 Å². The molecule has 1 aromatic carbocycles. The highest BCUT2D eigenvalue weighted by molar-refractivity contribution is 7.23. The van der Waals surface area contributed by atoms with Gasteiger partial charge in [0.05, 0.1) is 10.3 Å². The first-order valence-corrected chi connectivity index (χ1v) is 8.09. The highest BCUT2D eigenvalue weighted by Crippen LogP contribution is 2.43. The summed E-state index contributed by atoms with van der Waals surface area (Å²) in [7, 11) is 2.08. The van der Waals surface area contributed by atoms with E-state index in [0.717, 1.165) is 10.6 Å². The summed E-state index contributed by atoms with van der Waals surface area (Å²) in [5.41, 5.74) is 4.94. The van der Waals surface area contributed by atoms with Gasteiger partial charge in [-0.1, -0.05) is 24.3 Å². The van der Waals surface area contributed by atoms with Crippen LogP contribution in [0, 0.1) is 6.92 Å². The zero-order valence-corrected chi connectivity index (χ0v) is 13.9. The molecule has 0 aliphatic carbocycles. The van der Waals surface area contributed by atoms with Crippen LogP contribution in [-0.2, 0) is 7.05 Å². The van der Waals surface area contributed by atoms with Gasteiger partial charge in [-0.15, -0.1) is 11.3 Å². The van der Waals surface area contributed by atoms with Crippen LogP contribution in [0.1, 0.15) is 18.1 Å². The number of aliphatic imine (C=N–C) groups is 1. The average Bonchev–Trinajstić information content (AvgIpc) is 2.87. The third kappa shape index (κ3) is 2.28. The Morgan fingerprint density at radius 2 is 2.05 bits per heavy atom. The van der Waals surface area contributed by atoms with E-state index >= 15 is 0 Å². The second kappa shape index (κ2) is 5.85. The van der Waals surface area contributed by atoms with E-state index in [0.29, 0.717) is 0 Å². The molecule has 3 aromatic rings. The molecule has 0 saturated carbocycles. The van der Waals surface area contributed by atoms with Crippen LogP contribution >= 0.6 is 11.3 Å². The molecule has 0 radical (unpaired) electrons. The minimum absolute atomic E-state index is 0.985. The Labute approximate surface area is 135 Å². The summed E-state index contributed by atoms with van der Waals surface area (Å²) in [5, 5.41) is 2.23. The van der Waals surface area contributed by atoms with Gasteiger partial charge in [0.15, 0.2) is 6.20 Å². The van der Waals surface area contributed by atoms with E-state index in [-0.39, 0.29) is 0 Å². The molecule has 3 heteroatoms. The molecule has 0 spiro atoms. The zero-order chi connectivity index (χ0) is 15.7. The van der Waals surface area contributed by atoms with E-state index < -0.39 is 0 Å². The van der Waals surface area contributed by atoms with Gasteiger partial charge in [0, 0.05) is 23.1 Å². The lowest BCUT2D eigenvalue weighted by Crippen LogP contribution is -2.30. The fourth-order valence-corrected chi connectivity index (χ4v) is 4.01. The minimum Gasteiger partial charge on any atom is -0.253 e. The molecule has 0 aliphatic rings. The van der Waals surface area contributed by atoms with Gasteiger partial charge < -0.3 is 0 Å². The number of nitrogens with zero attached hydrogens (tertiary/aromatic N) is 2. The Morgan fingerprint density at radius 3 is 2.73 bits per heavy atom. The van der Waals surface area contributed by atoms with Gasteiger partial charge in [-0.05, 0) is 32.2 Å². The van der Waals surface area contributed by atoms with E-state index in [9.17, 15) is 0 Å². The summed E-state index contributed by atoms with van der Waals surface area (Å²) >= 11 is 1.71. The quantitative estimate of drug-likeness (QED) is 0.475. The van der Waals surface area contributed by atoms with Gasteiger partial charge in [-0.3, -0.25) is 4.99 Å². The predicted molar refractivity (Wildman–Crippen MR) is 97.1 cm³/mol. The van der Waals surface area contributed by atoms with Crippen molar-refractivity contribution in [3.63, 3.8) is 0 Å². The summed E-state index contributed by atoms with van der Waals surface area (Å²) < 4.78 is 3.44. The first-order valence-electron chi connectivity index (χ1n) is 7.28. The Kier molecular flexibility index (Phi) is 3.90. The normalized spacial score (nSPS) is 11.4. The molecular formula is C19H19N2S+. The Morgan fingerprint density at radius 1 is 1.23 bits per heavy atom. The number of pyridine rings is 1. The number of rotatable bonds is 3. The Bertz CT molecular complexity index is 888. The lowest BCUT2D eigenvalue weighted by Gasteiger charge is -2.06. The molecule has 0 N–H and O–H groups in total. The Balaban J connectivity index is 2.43. The van der Waals surface area contributed by atoms with Crippen LogP contribution in [-0.4, -0.2) is 6.72 Å². The number of benzene rings is 1. The third-order valence-electron chi connectivity index (χ3n) is 3.87. The molecule has 2 aromatic heterocycles. The SMILES string of the molecule is C=Nc1sc2c(-c3cccc[n+]3C)c(C)ccc2c1/C=C\C. The molecule has 0 amide bonds. The Hall–Kier alpha value is -2.26. The molecule has 2 heterocycles. The summed E-state index contributed by atoms with van der Waals surface area (Å²) in [6.07, 6.45) is 6.26. The molecule has 0 atom stereocenters. The van der Waals surface area contributed by atoms with Crippen LogP contribution in [0.4, 0.5) is 5.00 Å². The molecule has 110 valence electrons. The molecule has 0 saturated heterocycles. The zero-order valence-electron chi connectivity index (χ0n) is 13.1. The van der Waals surface area contributed by atoms with Gasteiger partial charge >= 0.3 is 0 Å². The average molecular weight is 307 g/mol. The second-order valence-electron chi connectivity index (χ2n) is 5.31. The third-order valence-corrected chi connectivity index (χ3v) is 5.04. The number of aromatic nitrogens is 1. The summed E-state index contributed by atoms with van der Waals surface area (Å²) in [6, 6.07) is 10.7. The van der Waals surface area contributed by atoms with Gasteiger partial charge in [0.25, 0.3) is 0 Å². The van der Waals surface area contributed by atoms with Gasteiger partial charge in [-0.25, -0.2) is 4.57 Å². The number of hydrogen-bond donors (Lipinski definition) is 0. The van der Waals surface area contributed by atoms with Crippen LogP contribution in [0.5, 0.6) is 0 Å². The standard InChI is InChI=1S/C19H19N2S/c1-5-8-15-14-11-10-13(2)17(18(14)22-19(15)20-3)16-9-6-7-12-21(16)4/h5-12H,3H2,1-2,4H3/q+1/b8-5-. The summed E-state index contributed by atoms with van der Waals surface area (Å²) in [5.74, 6) is 0. The number of hydrogen-bond acceptors (Lipinski definition) is 2. The van der Waals surface area contributed by atoms with Crippen LogP contribution in [0.25, 0.3) is 27.4 Å². The van der Waals surface area contributed by atoms with Gasteiger partial charge in [-0.2, -0.15) is 0 Å². The van der Waals surface area contributed by atoms with Crippen molar-refractivity contribution in [2.45, 2.75) is 13.8 Å². The predicted octanol–water partition coefficient (Wildman–Crippen LogP) is 5.07. The lowest BCUT2D eigenvalue weighted by atomic mass is 10.0. The van der Waals surface area contributed by atoms with E-state index in [4.69, 9.17) is 0 Å². The summed E-state index contributed by atoms with van der Waals surface area (Å²) in [6.45, 7) is 7.93. The molecule has 3 rings (SSSR count). The molecule has 0 unspecified atom stereocenters. The fraction of sp³-hybridized carbons (Fsp3) is 0.158. The maximum atomic E-state index is 4.22. The number of thiophene rings is 1. The van der Waals surface area contributed by atoms with Crippen molar-refractivity contribution in [3.05, 3.63) is 53.7 Å². The van der Waals surface area contributed by atoms with Crippen molar-refractivity contribution in [2.75, 3.05) is 0 Å². The molecular weight excluding hydrogens is 288 g/mol. The first kappa shape index (κ1) is 14.7. The molecule has 0 bridgehead atoms. The van der Waals surface area contributed by atoms with Crippen LogP contribution in [0.2, 0.25) is 0 Å². The van der Waals surface area contributed by atoms with E-state index in [2.05, 4.69) is 78.9 Å². The highest BCUT2D eigenvalue weighted by Gasteiger charge is 2.19. The number of aryl methyl sites for hydroxylation is 2. The van der Waals surface area contributed by atoms with Crippen LogP contribution < -0.4 is 4.57 Å². The summed E-state index contributed by atoms with van der Waals surface area (Å²) in [4.78, 5) is 4.22. The highest BCUT2D eigenvalue weighted by atomic mass is 32.1. The van der Waals surface area contributed by atoms with Gasteiger partial charge in [0.1, 0.15) is 12.0 Å². The topological polar surface area (TPSA) is 16.2 Å². The monoisotopic (exact) mass is 307 g/mol. The van der Waals surface area contributed by atoms with Crippen molar-refractivity contribution in [2.24, 2.45) is 12.0 Å². The van der Waals surface area contributed by atoms with E-state index in [1.807, 2.05) is 6.92 Å². The second-order valence-corrected chi connectivity index (χ2v) is 6.31. The molecule has 0 fully saturated rings. The van der Waals surface area contributed by atoms with E-state index in [1.54, 1.807) is 11.3 Å². The maximum absolute atomic E-state index is 4.22. The lowest BCUT2D eigenvalue weighted by molar-refractivity contribution is -0.660. The maximum Gasteiger partial charge on any atom is 0.213 e. The molecule has 22 heavy (non-hydrogen) atoms. The fourth-order valence-electron chi connectivity index (χ4n) is 2.81. The smallest absolute Gasteiger partial charge is 0.213 e. The van der Waals surface area contributed by atoms with Crippen molar-refractivity contribution in [3.8, 4) is 11.3 Å². The van der Waals surface area contributed by atoms with E-state index in [1.165, 1.54) is 26.9 Å². The molecule has 0 aliphatic heterocycles. The van der Waals surface area contributed by atoms with Crippen molar-refractivity contribution < 1.29 is 4.57 Å². The largest absolute Gasteiger partial charge is 0.253 e. The number of fused-ring (bicyclic) bond motifs is 1. The van der Waals surface area contributed by atoms with Crippen molar-refractivity contribution >= 4 is 39.2 Å². The van der Waals surface area contributed by atoms with Crippen molar-refractivity contribution in [1.29, 1.82) is 0 Å². The van der Waals surface area contributed by atoms with Crippen molar-refractivity contribution in [1.82, 2.24) is 0 Å². The number of allylic oxidation sites excluding steroid dienone is 1. The van der Waals surface area contributed by atoms with Crippen LogP contribution in [0.15, 0.2) is 47.6 Å². The molecule has 2 nitrogen and oxygen atoms in total. The minimum atomic E-state index is 0.985. The first-order chi connectivity index (χ1) is 10.7.